The molecule has 174 valence electrons. The van der Waals surface area contributed by atoms with Gasteiger partial charge in [-0.15, -0.1) is 0 Å². The lowest BCUT2D eigenvalue weighted by atomic mass is 9.81. The first-order valence-electron chi connectivity index (χ1n) is 11.5. The van der Waals surface area contributed by atoms with Crippen molar-refractivity contribution in [2.75, 3.05) is 6.61 Å². The van der Waals surface area contributed by atoms with E-state index in [1.54, 1.807) is 0 Å². The van der Waals surface area contributed by atoms with Gasteiger partial charge in [-0.1, -0.05) is 91.0 Å². The van der Waals surface area contributed by atoms with Crippen LogP contribution in [0.3, 0.4) is 0 Å². The van der Waals surface area contributed by atoms with Crippen LogP contribution in [0, 0.1) is 5.92 Å². The van der Waals surface area contributed by atoms with Crippen molar-refractivity contribution in [2.45, 2.75) is 50.7 Å². The molecular weight excluding hydrogens is 416 g/mol. The van der Waals surface area contributed by atoms with Crippen LogP contribution in [0.2, 0.25) is 0 Å². The molecule has 0 saturated heterocycles. The van der Waals surface area contributed by atoms with E-state index in [1.807, 2.05) is 91.0 Å². The van der Waals surface area contributed by atoms with Gasteiger partial charge in [-0.3, -0.25) is 0 Å². The van der Waals surface area contributed by atoms with Gasteiger partial charge in [-0.25, -0.2) is 0 Å². The van der Waals surface area contributed by atoms with Crippen molar-refractivity contribution in [3.8, 4) is 0 Å². The molecule has 0 radical (unpaired) electrons. The van der Waals surface area contributed by atoms with Crippen LogP contribution in [-0.4, -0.2) is 41.2 Å². The minimum Gasteiger partial charge on any atom is -0.390 e. The van der Waals surface area contributed by atoms with Gasteiger partial charge in [0.05, 0.1) is 38.6 Å². The third-order valence-electron chi connectivity index (χ3n) is 6.08. The van der Waals surface area contributed by atoms with Crippen molar-refractivity contribution in [3.63, 3.8) is 0 Å². The van der Waals surface area contributed by atoms with Gasteiger partial charge in [0.1, 0.15) is 12.2 Å². The lowest BCUT2D eigenvalue weighted by Gasteiger charge is -2.43. The smallest absolute Gasteiger partial charge is 0.113 e. The molecule has 0 spiro atoms. The first kappa shape index (κ1) is 23.6. The van der Waals surface area contributed by atoms with E-state index < -0.39 is 24.4 Å². The van der Waals surface area contributed by atoms with E-state index in [-0.39, 0.29) is 5.92 Å². The first-order valence-corrected chi connectivity index (χ1v) is 11.5. The summed E-state index contributed by atoms with van der Waals surface area (Å²) in [6.45, 7) is 1.62. The van der Waals surface area contributed by atoms with Gasteiger partial charge in [-0.05, 0) is 23.1 Å². The molecule has 1 saturated carbocycles. The lowest BCUT2D eigenvalue weighted by Crippen LogP contribution is -2.56. The Kier molecular flexibility index (Phi) is 8.64. The SMILES string of the molecule is O[C@@H]1[C@@H](OCc2ccccc2)[C@H](OCc2ccccc2)[C@@H](COCc2ccccc2)C[C@H]1O. The van der Waals surface area contributed by atoms with Gasteiger partial charge >= 0.3 is 0 Å². The largest absolute Gasteiger partial charge is 0.390 e. The van der Waals surface area contributed by atoms with Gasteiger partial charge < -0.3 is 24.4 Å². The topological polar surface area (TPSA) is 68.2 Å². The summed E-state index contributed by atoms with van der Waals surface area (Å²) in [4.78, 5) is 0. The quantitative estimate of drug-likeness (QED) is 0.489. The molecule has 5 atom stereocenters. The normalized spacial score (nSPS) is 25.1. The van der Waals surface area contributed by atoms with Gasteiger partial charge in [-0.2, -0.15) is 0 Å². The standard InChI is InChI=1S/C28H32O5/c29-25-16-24(20-31-17-21-10-4-1-5-11-21)27(32-18-22-12-6-2-7-13-22)28(26(25)30)33-19-23-14-8-3-9-15-23/h1-15,24-30H,16-20H2/t24-,25-,26+,27-,28-/m1/s1. The second-order valence-corrected chi connectivity index (χ2v) is 8.58. The Hall–Kier alpha value is -2.54. The van der Waals surface area contributed by atoms with Crippen LogP contribution in [0.4, 0.5) is 0 Å². The van der Waals surface area contributed by atoms with Crippen molar-refractivity contribution in [2.24, 2.45) is 5.92 Å². The van der Waals surface area contributed by atoms with Crippen molar-refractivity contribution < 1.29 is 24.4 Å². The number of hydrogen-bond donors (Lipinski definition) is 2. The van der Waals surface area contributed by atoms with Crippen LogP contribution in [0.5, 0.6) is 0 Å². The summed E-state index contributed by atoms with van der Waals surface area (Å²) in [7, 11) is 0. The number of aliphatic hydroxyl groups is 2. The predicted molar refractivity (Wildman–Crippen MR) is 126 cm³/mol. The number of benzene rings is 3. The average Bonchev–Trinajstić information content (AvgIpc) is 2.86. The summed E-state index contributed by atoms with van der Waals surface area (Å²) in [5, 5.41) is 21.4. The Labute approximate surface area is 195 Å². The fourth-order valence-corrected chi connectivity index (χ4v) is 4.29. The van der Waals surface area contributed by atoms with Crippen LogP contribution < -0.4 is 0 Å². The summed E-state index contributed by atoms with van der Waals surface area (Å²) in [5.74, 6) is -0.114. The summed E-state index contributed by atoms with van der Waals surface area (Å²) in [6.07, 6.45) is -2.61. The van der Waals surface area contributed by atoms with Crippen LogP contribution in [0.25, 0.3) is 0 Å². The molecule has 5 nitrogen and oxygen atoms in total. The summed E-state index contributed by atoms with van der Waals surface area (Å²) < 4.78 is 18.5. The van der Waals surface area contributed by atoms with E-state index in [1.165, 1.54) is 0 Å². The molecule has 3 aromatic carbocycles. The zero-order valence-electron chi connectivity index (χ0n) is 18.7. The van der Waals surface area contributed by atoms with E-state index in [4.69, 9.17) is 14.2 Å². The Balaban J connectivity index is 1.46. The van der Waals surface area contributed by atoms with E-state index in [2.05, 4.69) is 0 Å². The van der Waals surface area contributed by atoms with Crippen LogP contribution in [-0.2, 0) is 34.0 Å². The molecular formula is C28H32O5. The Morgan fingerprint density at radius 1 is 0.606 bits per heavy atom. The molecule has 0 aliphatic heterocycles. The molecule has 3 aromatic rings. The van der Waals surface area contributed by atoms with Crippen molar-refractivity contribution in [3.05, 3.63) is 108 Å². The molecule has 0 aromatic heterocycles. The summed E-state index contributed by atoms with van der Waals surface area (Å²) in [6, 6.07) is 29.7. The number of aliphatic hydroxyl groups excluding tert-OH is 2. The van der Waals surface area contributed by atoms with Crippen molar-refractivity contribution in [1.29, 1.82) is 0 Å². The summed E-state index contributed by atoms with van der Waals surface area (Å²) >= 11 is 0. The van der Waals surface area contributed by atoms with Gasteiger partial charge in [0.25, 0.3) is 0 Å². The zero-order chi connectivity index (χ0) is 22.9. The third-order valence-corrected chi connectivity index (χ3v) is 6.08. The highest BCUT2D eigenvalue weighted by Crippen LogP contribution is 2.32. The first-order chi connectivity index (χ1) is 16.2. The van der Waals surface area contributed by atoms with Crippen molar-refractivity contribution in [1.82, 2.24) is 0 Å². The minimum absolute atomic E-state index is 0.114. The number of hydrogen-bond acceptors (Lipinski definition) is 5. The zero-order valence-corrected chi connectivity index (χ0v) is 18.7. The van der Waals surface area contributed by atoms with E-state index >= 15 is 0 Å². The molecule has 0 bridgehead atoms. The molecule has 4 rings (SSSR count). The molecule has 0 heterocycles. The number of rotatable bonds is 10. The molecule has 0 unspecified atom stereocenters. The highest BCUT2D eigenvalue weighted by molar-refractivity contribution is 5.15. The van der Waals surface area contributed by atoms with E-state index in [0.717, 1.165) is 16.7 Å². The van der Waals surface area contributed by atoms with Crippen molar-refractivity contribution >= 4 is 0 Å². The van der Waals surface area contributed by atoms with E-state index in [9.17, 15) is 10.2 Å². The maximum absolute atomic E-state index is 10.8. The molecule has 5 heteroatoms. The molecule has 1 aliphatic rings. The molecule has 33 heavy (non-hydrogen) atoms. The van der Waals surface area contributed by atoms with E-state index in [0.29, 0.717) is 32.8 Å². The minimum atomic E-state index is -1.03. The molecule has 1 aliphatic carbocycles. The Morgan fingerprint density at radius 3 is 1.58 bits per heavy atom. The van der Waals surface area contributed by atoms with Gasteiger partial charge in [0, 0.05) is 5.92 Å². The van der Waals surface area contributed by atoms with Crippen LogP contribution in [0.1, 0.15) is 23.1 Å². The van der Waals surface area contributed by atoms with Crippen LogP contribution in [0.15, 0.2) is 91.0 Å². The molecule has 1 fully saturated rings. The van der Waals surface area contributed by atoms with Gasteiger partial charge in [0.15, 0.2) is 0 Å². The Morgan fingerprint density at radius 2 is 1.06 bits per heavy atom. The highest BCUT2D eigenvalue weighted by atomic mass is 16.6. The fraction of sp³-hybridized carbons (Fsp3) is 0.357. The van der Waals surface area contributed by atoms with Gasteiger partial charge in [0.2, 0.25) is 0 Å². The number of ether oxygens (including phenoxy) is 3. The highest BCUT2D eigenvalue weighted by Gasteiger charge is 2.45. The maximum Gasteiger partial charge on any atom is 0.113 e. The van der Waals surface area contributed by atoms with Crippen LogP contribution >= 0.6 is 0 Å². The maximum atomic E-state index is 10.8. The Bertz CT molecular complexity index is 934. The third kappa shape index (κ3) is 6.73. The lowest BCUT2D eigenvalue weighted by molar-refractivity contribution is -0.208. The molecule has 2 N–H and O–H groups in total. The monoisotopic (exact) mass is 448 g/mol. The second-order valence-electron chi connectivity index (χ2n) is 8.58. The summed E-state index contributed by atoms with van der Waals surface area (Å²) in [5.41, 5.74) is 3.14. The molecule has 0 amide bonds. The predicted octanol–water partition coefficient (Wildman–Crippen LogP) is 4.12. The average molecular weight is 449 g/mol. The second kappa shape index (κ2) is 12.1. The fourth-order valence-electron chi connectivity index (χ4n) is 4.29.